The van der Waals surface area contributed by atoms with Crippen molar-refractivity contribution in [2.24, 2.45) is 5.92 Å². The van der Waals surface area contributed by atoms with Crippen molar-refractivity contribution in [3.8, 4) is 0 Å². The van der Waals surface area contributed by atoms with Crippen LogP contribution in [0.3, 0.4) is 0 Å². The van der Waals surface area contributed by atoms with Crippen molar-refractivity contribution in [2.75, 3.05) is 6.54 Å². The van der Waals surface area contributed by atoms with Gasteiger partial charge in [-0.25, -0.2) is 0 Å². The van der Waals surface area contributed by atoms with Crippen LogP contribution in [0, 0.1) is 5.92 Å². The van der Waals surface area contributed by atoms with E-state index in [1.807, 2.05) is 11.3 Å². The van der Waals surface area contributed by atoms with Gasteiger partial charge < -0.3 is 5.32 Å². The van der Waals surface area contributed by atoms with Gasteiger partial charge in [-0.15, -0.1) is 11.3 Å². The SMILES string of the molecule is CC(C)CC1(Cc2sccc2Br)CCCN1. The van der Waals surface area contributed by atoms with Crippen LogP contribution >= 0.6 is 27.3 Å². The lowest BCUT2D eigenvalue weighted by Gasteiger charge is -2.31. The topological polar surface area (TPSA) is 12.0 Å². The Morgan fingerprint density at radius 3 is 2.88 bits per heavy atom. The van der Waals surface area contributed by atoms with E-state index in [1.54, 1.807) is 0 Å². The third-order valence-corrected chi connectivity index (χ3v) is 5.25. The van der Waals surface area contributed by atoms with Gasteiger partial charge in [-0.3, -0.25) is 0 Å². The molecule has 1 saturated heterocycles. The Labute approximate surface area is 111 Å². The van der Waals surface area contributed by atoms with Crippen molar-refractivity contribution in [3.63, 3.8) is 0 Å². The minimum Gasteiger partial charge on any atom is -0.311 e. The molecule has 90 valence electrons. The van der Waals surface area contributed by atoms with Crippen LogP contribution in [0.15, 0.2) is 15.9 Å². The highest BCUT2D eigenvalue weighted by Crippen LogP contribution is 2.34. The molecule has 1 aliphatic heterocycles. The van der Waals surface area contributed by atoms with E-state index in [9.17, 15) is 0 Å². The van der Waals surface area contributed by atoms with Crippen LogP contribution in [0.5, 0.6) is 0 Å². The van der Waals surface area contributed by atoms with Gasteiger partial charge in [0, 0.05) is 21.3 Å². The summed E-state index contributed by atoms with van der Waals surface area (Å²) in [6.07, 6.45) is 5.13. The summed E-state index contributed by atoms with van der Waals surface area (Å²) in [4.78, 5) is 1.50. The molecule has 0 saturated carbocycles. The van der Waals surface area contributed by atoms with Gasteiger partial charge >= 0.3 is 0 Å². The molecular weight excluding hydrogens is 282 g/mol. The molecule has 0 radical (unpaired) electrons. The molecule has 1 aromatic heterocycles. The first-order valence-corrected chi connectivity index (χ1v) is 7.75. The predicted octanol–water partition coefficient (Wildman–Crippen LogP) is 4.22. The highest BCUT2D eigenvalue weighted by atomic mass is 79.9. The summed E-state index contributed by atoms with van der Waals surface area (Å²) in [7, 11) is 0. The summed E-state index contributed by atoms with van der Waals surface area (Å²) in [6, 6.07) is 2.16. The molecule has 0 spiro atoms. The summed E-state index contributed by atoms with van der Waals surface area (Å²) in [5, 5.41) is 5.93. The van der Waals surface area contributed by atoms with Gasteiger partial charge in [0.05, 0.1) is 0 Å². The molecule has 3 heteroatoms. The maximum absolute atomic E-state index is 3.75. The zero-order valence-corrected chi connectivity index (χ0v) is 12.5. The maximum atomic E-state index is 3.75. The molecule has 1 N–H and O–H groups in total. The van der Waals surface area contributed by atoms with E-state index in [0.29, 0.717) is 5.54 Å². The van der Waals surface area contributed by atoms with Gasteiger partial charge in [-0.1, -0.05) is 13.8 Å². The fourth-order valence-corrected chi connectivity index (χ4v) is 4.44. The highest BCUT2D eigenvalue weighted by molar-refractivity contribution is 9.10. The van der Waals surface area contributed by atoms with Gasteiger partial charge in [-0.2, -0.15) is 0 Å². The standard InChI is InChI=1S/C13H20BrNS/c1-10(2)8-13(5-3-6-15-13)9-12-11(14)4-7-16-12/h4,7,10,15H,3,5-6,8-9H2,1-2H3. The number of hydrogen-bond donors (Lipinski definition) is 1. The van der Waals surface area contributed by atoms with E-state index >= 15 is 0 Å². The van der Waals surface area contributed by atoms with Gasteiger partial charge in [0.1, 0.15) is 0 Å². The zero-order valence-electron chi connectivity index (χ0n) is 10.1. The van der Waals surface area contributed by atoms with Crippen LogP contribution in [0.1, 0.15) is 38.0 Å². The van der Waals surface area contributed by atoms with Gasteiger partial charge in [0.15, 0.2) is 0 Å². The Kier molecular flexibility index (Phi) is 4.09. The van der Waals surface area contributed by atoms with E-state index in [-0.39, 0.29) is 0 Å². The molecule has 2 heterocycles. The van der Waals surface area contributed by atoms with Crippen molar-refractivity contribution in [1.29, 1.82) is 0 Å². The zero-order chi connectivity index (χ0) is 11.6. The van der Waals surface area contributed by atoms with E-state index in [2.05, 4.69) is 46.5 Å². The van der Waals surface area contributed by atoms with Crippen molar-refractivity contribution < 1.29 is 0 Å². The Hall–Kier alpha value is 0.140. The largest absolute Gasteiger partial charge is 0.311 e. The number of thiophene rings is 1. The second kappa shape index (κ2) is 5.19. The van der Waals surface area contributed by atoms with Crippen LogP contribution in [0.25, 0.3) is 0 Å². The first-order valence-electron chi connectivity index (χ1n) is 6.08. The summed E-state index contributed by atoms with van der Waals surface area (Å²) in [5.41, 5.74) is 0.363. The van der Waals surface area contributed by atoms with Crippen LogP contribution < -0.4 is 5.32 Å². The normalized spacial score (nSPS) is 25.5. The Morgan fingerprint density at radius 1 is 1.56 bits per heavy atom. The van der Waals surface area contributed by atoms with Crippen LogP contribution in [-0.4, -0.2) is 12.1 Å². The van der Waals surface area contributed by atoms with Gasteiger partial charge in [-0.05, 0) is 59.1 Å². The smallest absolute Gasteiger partial charge is 0.0315 e. The summed E-state index contributed by atoms with van der Waals surface area (Å²) in [5.74, 6) is 0.768. The Bertz CT molecular complexity index is 339. The van der Waals surface area contributed by atoms with E-state index in [4.69, 9.17) is 0 Å². The third-order valence-electron chi connectivity index (χ3n) is 3.32. The molecule has 16 heavy (non-hydrogen) atoms. The van der Waals surface area contributed by atoms with Crippen molar-refractivity contribution in [2.45, 2.75) is 45.1 Å². The summed E-state index contributed by atoms with van der Waals surface area (Å²) >= 11 is 5.52. The molecule has 0 aromatic carbocycles. The molecule has 1 nitrogen and oxygen atoms in total. The van der Waals surface area contributed by atoms with Crippen molar-refractivity contribution in [3.05, 3.63) is 20.8 Å². The predicted molar refractivity (Wildman–Crippen MR) is 75.1 cm³/mol. The third kappa shape index (κ3) is 2.88. The molecule has 0 amide bonds. The Balaban J connectivity index is 2.11. The lowest BCUT2D eigenvalue weighted by Crippen LogP contribution is -2.42. The second-order valence-corrected chi connectivity index (χ2v) is 7.13. The Morgan fingerprint density at radius 2 is 2.38 bits per heavy atom. The molecule has 1 aromatic rings. The lowest BCUT2D eigenvalue weighted by molar-refractivity contribution is 0.303. The number of rotatable bonds is 4. The van der Waals surface area contributed by atoms with Crippen LogP contribution in [0.2, 0.25) is 0 Å². The summed E-state index contributed by atoms with van der Waals surface area (Å²) in [6.45, 7) is 5.84. The molecule has 0 aliphatic carbocycles. The monoisotopic (exact) mass is 301 g/mol. The van der Waals surface area contributed by atoms with Crippen LogP contribution in [0.4, 0.5) is 0 Å². The van der Waals surface area contributed by atoms with Crippen molar-refractivity contribution in [1.82, 2.24) is 5.32 Å². The average Bonchev–Trinajstić information content (AvgIpc) is 2.77. The van der Waals surface area contributed by atoms with Crippen molar-refractivity contribution >= 4 is 27.3 Å². The number of nitrogens with one attached hydrogen (secondary N) is 1. The average molecular weight is 302 g/mol. The van der Waals surface area contributed by atoms with Gasteiger partial charge in [0.25, 0.3) is 0 Å². The molecule has 1 atom stereocenters. The fraction of sp³-hybridized carbons (Fsp3) is 0.692. The molecular formula is C13H20BrNS. The fourth-order valence-electron chi connectivity index (χ4n) is 2.81. The number of hydrogen-bond acceptors (Lipinski definition) is 2. The molecule has 2 rings (SSSR count). The maximum Gasteiger partial charge on any atom is 0.0315 e. The van der Waals surface area contributed by atoms with Crippen LogP contribution in [-0.2, 0) is 6.42 Å². The molecule has 1 aliphatic rings. The molecule has 1 fully saturated rings. The van der Waals surface area contributed by atoms with E-state index in [1.165, 1.54) is 41.6 Å². The first kappa shape index (κ1) is 12.6. The number of halogens is 1. The van der Waals surface area contributed by atoms with E-state index < -0.39 is 0 Å². The highest BCUT2D eigenvalue weighted by Gasteiger charge is 2.34. The first-order chi connectivity index (χ1) is 7.61. The second-order valence-electron chi connectivity index (χ2n) is 5.28. The summed E-state index contributed by atoms with van der Waals surface area (Å²) < 4.78 is 1.29. The quantitative estimate of drug-likeness (QED) is 0.878. The molecule has 0 bridgehead atoms. The van der Waals surface area contributed by atoms with Gasteiger partial charge in [0.2, 0.25) is 0 Å². The minimum absolute atomic E-state index is 0.363. The molecule has 1 unspecified atom stereocenters. The van der Waals surface area contributed by atoms with E-state index in [0.717, 1.165) is 5.92 Å². The lowest BCUT2D eigenvalue weighted by atomic mass is 9.84. The minimum atomic E-state index is 0.363.